The van der Waals surface area contributed by atoms with Crippen LogP contribution in [-0.4, -0.2) is 26.2 Å². The second-order valence-corrected chi connectivity index (χ2v) is 3.18. The lowest BCUT2D eigenvalue weighted by Gasteiger charge is -2.04. The van der Waals surface area contributed by atoms with Gasteiger partial charge in [0.15, 0.2) is 0 Å². The van der Waals surface area contributed by atoms with Gasteiger partial charge in [0.05, 0.1) is 14.2 Å². The molecule has 0 aromatic heterocycles. The first-order valence-corrected chi connectivity index (χ1v) is 5.12. The molecule has 0 aliphatic heterocycles. The van der Waals surface area contributed by atoms with Gasteiger partial charge in [-0.25, -0.2) is 10.2 Å². The molecular weight excluding hydrogens is 236 g/mol. The summed E-state index contributed by atoms with van der Waals surface area (Å²) >= 11 is 0. The Kier molecular flexibility index (Phi) is 5.24. The maximum absolute atomic E-state index is 11.3. The van der Waals surface area contributed by atoms with Crippen LogP contribution >= 0.6 is 0 Å². The fourth-order valence-electron chi connectivity index (χ4n) is 1.17. The van der Waals surface area contributed by atoms with Gasteiger partial charge in [0.1, 0.15) is 5.75 Å². The molecule has 6 nitrogen and oxygen atoms in total. The molecule has 1 aromatic carbocycles. The second kappa shape index (κ2) is 6.95. The molecule has 1 aromatic rings. The van der Waals surface area contributed by atoms with Crippen molar-refractivity contribution in [2.24, 2.45) is 0 Å². The lowest BCUT2D eigenvalue weighted by molar-refractivity contribution is -0.117. The average molecular weight is 250 g/mol. The molecule has 0 fully saturated rings. The van der Waals surface area contributed by atoms with Crippen molar-refractivity contribution in [2.45, 2.75) is 0 Å². The number of hydrogen-bond donors (Lipinski definition) is 2. The van der Waals surface area contributed by atoms with E-state index in [-0.39, 0.29) is 0 Å². The normalized spacial score (nSPS) is 9.89. The van der Waals surface area contributed by atoms with Crippen LogP contribution in [-0.2, 0) is 9.53 Å². The van der Waals surface area contributed by atoms with Crippen molar-refractivity contribution >= 4 is 18.1 Å². The van der Waals surface area contributed by atoms with E-state index in [4.69, 9.17) is 4.74 Å². The molecule has 0 radical (unpaired) electrons. The van der Waals surface area contributed by atoms with Crippen LogP contribution in [0.5, 0.6) is 5.75 Å². The van der Waals surface area contributed by atoms with E-state index in [2.05, 4.69) is 15.6 Å². The van der Waals surface area contributed by atoms with E-state index in [1.165, 1.54) is 13.2 Å². The lowest BCUT2D eigenvalue weighted by atomic mass is 10.2. The highest BCUT2D eigenvalue weighted by atomic mass is 16.5. The molecule has 0 aliphatic rings. The maximum Gasteiger partial charge on any atom is 0.425 e. The smallest absolute Gasteiger partial charge is 0.425 e. The number of carbonyl (C=O) groups excluding carboxylic acids is 2. The van der Waals surface area contributed by atoms with Crippen LogP contribution in [0.2, 0.25) is 0 Å². The summed E-state index contributed by atoms with van der Waals surface area (Å²) in [5.41, 5.74) is 4.96. The Labute approximate surface area is 105 Å². The zero-order valence-corrected chi connectivity index (χ0v) is 10.1. The summed E-state index contributed by atoms with van der Waals surface area (Å²) in [5.74, 6) is 0.175. The van der Waals surface area contributed by atoms with Crippen LogP contribution in [0.1, 0.15) is 5.56 Å². The van der Waals surface area contributed by atoms with E-state index in [0.717, 1.165) is 5.56 Å². The molecule has 0 spiro atoms. The van der Waals surface area contributed by atoms with Gasteiger partial charge in [-0.1, -0.05) is 18.2 Å². The largest absolute Gasteiger partial charge is 0.496 e. The number of para-hydroxylation sites is 1. The number of hydrazine groups is 1. The van der Waals surface area contributed by atoms with Gasteiger partial charge in [-0.15, -0.1) is 0 Å². The number of nitrogens with one attached hydrogen (secondary N) is 2. The molecule has 0 bridgehead atoms. The quantitative estimate of drug-likeness (QED) is 0.622. The van der Waals surface area contributed by atoms with Gasteiger partial charge in [0.2, 0.25) is 0 Å². The van der Waals surface area contributed by atoms with Crippen molar-refractivity contribution in [3.05, 3.63) is 35.9 Å². The molecule has 0 atom stereocenters. The number of hydrogen-bond acceptors (Lipinski definition) is 4. The number of carbonyl (C=O) groups is 2. The average Bonchev–Trinajstić information content (AvgIpc) is 2.42. The molecule has 1 rings (SSSR count). The van der Waals surface area contributed by atoms with Crippen molar-refractivity contribution in [3.8, 4) is 5.75 Å². The van der Waals surface area contributed by atoms with Crippen LogP contribution in [0.25, 0.3) is 6.08 Å². The van der Waals surface area contributed by atoms with Gasteiger partial charge in [-0.3, -0.25) is 10.2 Å². The first-order chi connectivity index (χ1) is 8.67. The predicted octanol–water partition coefficient (Wildman–Crippen LogP) is 1.10. The summed E-state index contributed by atoms with van der Waals surface area (Å²) in [6.45, 7) is 0. The van der Waals surface area contributed by atoms with E-state index in [1.54, 1.807) is 25.3 Å². The molecule has 96 valence electrons. The van der Waals surface area contributed by atoms with Crippen molar-refractivity contribution in [1.82, 2.24) is 10.9 Å². The standard InChI is InChI=1S/C12H14N2O4/c1-17-10-6-4-3-5-9(10)7-8-11(15)13-14-12(16)18-2/h3-8H,1-2H3,(H,13,15)(H,14,16)/b8-7+. The number of rotatable bonds is 3. The minimum Gasteiger partial charge on any atom is -0.496 e. The van der Waals surface area contributed by atoms with E-state index in [0.29, 0.717) is 5.75 Å². The van der Waals surface area contributed by atoms with E-state index in [9.17, 15) is 9.59 Å². The number of methoxy groups -OCH3 is 2. The van der Waals surface area contributed by atoms with Gasteiger partial charge in [-0.2, -0.15) is 0 Å². The van der Waals surface area contributed by atoms with Crippen molar-refractivity contribution in [1.29, 1.82) is 0 Å². The maximum atomic E-state index is 11.3. The molecule has 18 heavy (non-hydrogen) atoms. The van der Waals surface area contributed by atoms with Crippen molar-refractivity contribution in [2.75, 3.05) is 14.2 Å². The zero-order valence-electron chi connectivity index (χ0n) is 10.1. The Bertz CT molecular complexity index is 457. The van der Waals surface area contributed by atoms with E-state index < -0.39 is 12.0 Å². The van der Waals surface area contributed by atoms with Crippen LogP contribution < -0.4 is 15.6 Å². The van der Waals surface area contributed by atoms with E-state index >= 15 is 0 Å². The zero-order chi connectivity index (χ0) is 13.4. The third-order valence-electron chi connectivity index (χ3n) is 2.03. The van der Waals surface area contributed by atoms with Crippen LogP contribution in [0.15, 0.2) is 30.3 Å². The van der Waals surface area contributed by atoms with Crippen molar-refractivity contribution < 1.29 is 19.1 Å². The summed E-state index contributed by atoms with van der Waals surface area (Å²) in [4.78, 5) is 22.0. The highest BCUT2D eigenvalue weighted by Gasteiger charge is 2.01. The molecular formula is C12H14N2O4. The van der Waals surface area contributed by atoms with Gasteiger partial charge < -0.3 is 9.47 Å². The molecule has 0 aliphatic carbocycles. The van der Waals surface area contributed by atoms with Gasteiger partial charge in [-0.05, 0) is 12.1 Å². The Morgan fingerprint density at radius 3 is 2.56 bits per heavy atom. The van der Waals surface area contributed by atoms with Crippen LogP contribution in [0.3, 0.4) is 0 Å². The number of amides is 2. The Hall–Kier alpha value is -2.50. The monoisotopic (exact) mass is 250 g/mol. The Morgan fingerprint density at radius 1 is 1.17 bits per heavy atom. The van der Waals surface area contributed by atoms with Gasteiger partial charge in [0.25, 0.3) is 5.91 Å². The topological polar surface area (TPSA) is 76.7 Å². The summed E-state index contributed by atoms with van der Waals surface area (Å²) in [5, 5.41) is 0. The number of ether oxygens (including phenoxy) is 2. The molecule has 2 amide bonds. The minimum atomic E-state index is -0.742. The molecule has 2 N–H and O–H groups in total. The fraction of sp³-hybridized carbons (Fsp3) is 0.167. The van der Waals surface area contributed by atoms with Crippen molar-refractivity contribution in [3.63, 3.8) is 0 Å². The third kappa shape index (κ3) is 4.17. The number of benzene rings is 1. The molecule has 0 saturated heterocycles. The summed E-state index contributed by atoms with van der Waals surface area (Å²) < 4.78 is 9.41. The van der Waals surface area contributed by atoms with Gasteiger partial charge in [0, 0.05) is 11.6 Å². The molecule has 0 saturated carbocycles. The summed E-state index contributed by atoms with van der Waals surface area (Å²) in [7, 11) is 2.75. The highest BCUT2D eigenvalue weighted by molar-refractivity contribution is 5.92. The third-order valence-corrected chi connectivity index (χ3v) is 2.03. The van der Waals surface area contributed by atoms with Crippen LogP contribution in [0.4, 0.5) is 4.79 Å². The lowest BCUT2D eigenvalue weighted by Crippen LogP contribution is -2.40. The first-order valence-electron chi connectivity index (χ1n) is 5.12. The summed E-state index contributed by atoms with van der Waals surface area (Å²) in [6.07, 6.45) is 2.11. The SMILES string of the molecule is COC(=O)NNC(=O)/C=C/c1ccccc1OC. The molecule has 0 unspecified atom stereocenters. The first kappa shape index (κ1) is 13.6. The van der Waals surface area contributed by atoms with Crippen LogP contribution in [0, 0.1) is 0 Å². The fourth-order valence-corrected chi connectivity index (χ4v) is 1.17. The second-order valence-electron chi connectivity index (χ2n) is 3.18. The summed E-state index contributed by atoms with van der Waals surface area (Å²) in [6, 6.07) is 7.24. The predicted molar refractivity (Wildman–Crippen MR) is 65.7 cm³/mol. The molecule has 6 heteroatoms. The molecule has 0 heterocycles. The van der Waals surface area contributed by atoms with E-state index in [1.807, 2.05) is 12.1 Å². The Morgan fingerprint density at radius 2 is 1.89 bits per heavy atom. The van der Waals surface area contributed by atoms with Gasteiger partial charge >= 0.3 is 6.09 Å². The highest BCUT2D eigenvalue weighted by Crippen LogP contribution is 2.18. The minimum absolute atomic E-state index is 0.480. The Balaban J connectivity index is 2.58.